The molecule has 0 aliphatic carbocycles. The number of allylic oxidation sites excluding steroid dienone is 1. The molecular weight excluding hydrogens is 440 g/mol. The average molecular weight is 477 g/mol. The molecule has 1 rings (SSSR count). The number of amides is 1. The smallest absolute Gasteiger partial charge is 0.306 e. The Kier molecular flexibility index (Phi) is 10.8. The van der Waals surface area contributed by atoms with Crippen LogP contribution in [0.3, 0.4) is 0 Å². The van der Waals surface area contributed by atoms with Crippen molar-refractivity contribution < 1.29 is 22.7 Å². The van der Waals surface area contributed by atoms with Crippen LogP contribution >= 0.6 is 0 Å². The van der Waals surface area contributed by atoms with E-state index in [9.17, 15) is 18.0 Å². The van der Waals surface area contributed by atoms with E-state index in [0.717, 1.165) is 43.6 Å². The predicted molar refractivity (Wildman–Crippen MR) is 128 cm³/mol. The van der Waals surface area contributed by atoms with E-state index in [1.165, 1.54) is 12.1 Å². The Hall–Kier alpha value is -2.66. The zero-order valence-electron chi connectivity index (χ0n) is 20.3. The number of nitriles is 1. The summed E-state index contributed by atoms with van der Waals surface area (Å²) in [5.41, 5.74) is -0.568. The molecule has 0 saturated heterocycles. The lowest BCUT2D eigenvalue weighted by Crippen LogP contribution is -2.40. The summed E-state index contributed by atoms with van der Waals surface area (Å²) in [7, 11) is -3.67. The van der Waals surface area contributed by atoms with Crippen molar-refractivity contribution in [2.75, 3.05) is 6.54 Å². The van der Waals surface area contributed by atoms with Gasteiger partial charge in [-0.1, -0.05) is 31.4 Å². The highest BCUT2D eigenvalue weighted by atomic mass is 32.2. The maximum absolute atomic E-state index is 12.7. The first-order valence-electron chi connectivity index (χ1n) is 11.2. The van der Waals surface area contributed by atoms with Crippen LogP contribution in [-0.2, 0) is 29.6 Å². The molecule has 182 valence electrons. The van der Waals surface area contributed by atoms with Gasteiger partial charge in [0.1, 0.15) is 5.60 Å². The molecule has 0 radical (unpaired) electrons. The number of nitrogens with zero attached hydrogens (tertiary/aromatic N) is 1. The van der Waals surface area contributed by atoms with Crippen LogP contribution in [0.5, 0.6) is 0 Å². The number of rotatable bonds is 12. The number of unbranched alkanes of at least 4 members (excludes halogenated alkanes) is 4. The fraction of sp³-hybridized carbons (Fsp3) is 0.560. The van der Waals surface area contributed by atoms with Crippen LogP contribution in [-0.4, -0.2) is 32.4 Å². The van der Waals surface area contributed by atoms with Gasteiger partial charge in [0.2, 0.25) is 15.7 Å². The molecule has 0 aliphatic heterocycles. The lowest BCUT2D eigenvalue weighted by Gasteiger charge is -2.24. The van der Waals surface area contributed by atoms with Crippen molar-refractivity contribution in [1.29, 1.82) is 5.26 Å². The molecule has 7 nitrogen and oxygen atoms in total. The van der Waals surface area contributed by atoms with E-state index in [4.69, 9.17) is 10.00 Å². The van der Waals surface area contributed by atoms with Gasteiger partial charge in [-0.25, -0.2) is 8.42 Å². The van der Waals surface area contributed by atoms with Crippen molar-refractivity contribution in [3.05, 3.63) is 41.3 Å². The standard InChI is InChI=1S/C25H36N2O5S/c1-24(2,3)32-22(28)12-9-7-6-8-10-18-27-23(29)25(4,5)20-13-15-21(16-14-20)33(30,31)19-11-17-26/h11,13-16,19H,6-10,12,18H2,1-5H3,(H,27,29)/b19-11+. The number of ether oxygens (including phenoxy) is 1. The Morgan fingerprint density at radius 1 is 1.00 bits per heavy atom. The molecule has 0 saturated carbocycles. The normalized spacial score (nSPS) is 12.4. The molecule has 1 aromatic carbocycles. The minimum atomic E-state index is -3.67. The Bertz CT molecular complexity index is 966. The predicted octanol–water partition coefficient (Wildman–Crippen LogP) is 4.57. The van der Waals surface area contributed by atoms with Crippen molar-refractivity contribution in [3.63, 3.8) is 0 Å². The van der Waals surface area contributed by atoms with Gasteiger partial charge in [-0.05, 0) is 65.2 Å². The molecule has 0 aromatic heterocycles. The van der Waals surface area contributed by atoms with Gasteiger partial charge >= 0.3 is 5.97 Å². The van der Waals surface area contributed by atoms with E-state index in [0.29, 0.717) is 18.5 Å². The third-order valence-electron chi connectivity index (χ3n) is 5.06. The molecular formula is C25H36N2O5S. The highest BCUT2D eigenvalue weighted by Gasteiger charge is 2.29. The van der Waals surface area contributed by atoms with Crippen LogP contribution < -0.4 is 5.32 Å². The van der Waals surface area contributed by atoms with Crippen molar-refractivity contribution in [3.8, 4) is 6.07 Å². The van der Waals surface area contributed by atoms with Gasteiger partial charge in [-0.2, -0.15) is 5.26 Å². The highest BCUT2D eigenvalue weighted by Crippen LogP contribution is 2.25. The number of carbonyl (C=O) groups is 2. The average Bonchev–Trinajstić information content (AvgIpc) is 2.72. The van der Waals surface area contributed by atoms with Crippen LogP contribution in [0, 0.1) is 11.3 Å². The Morgan fingerprint density at radius 2 is 1.58 bits per heavy atom. The van der Waals surface area contributed by atoms with E-state index in [-0.39, 0.29) is 16.8 Å². The molecule has 0 bridgehead atoms. The van der Waals surface area contributed by atoms with E-state index >= 15 is 0 Å². The second-order valence-electron chi connectivity index (χ2n) is 9.49. The van der Waals surface area contributed by atoms with E-state index in [2.05, 4.69) is 5.32 Å². The summed E-state index contributed by atoms with van der Waals surface area (Å²) < 4.78 is 29.5. The second kappa shape index (κ2) is 12.5. The lowest BCUT2D eigenvalue weighted by atomic mass is 9.84. The van der Waals surface area contributed by atoms with Gasteiger partial charge in [-0.3, -0.25) is 9.59 Å². The summed E-state index contributed by atoms with van der Waals surface area (Å²) in [5, 5.41) is 12.3. The second-order valence-corrected chi connectivity index (χ2v) is 11.3. The quantitative estimate of drug-likeness (QED) is 0.268. The molecule has 0 spiro atoms. The maximum Gasteiger partial charge on any atom is 0.306 e. The molecule has 0 aliphatic rings. The minimum absolute atomic E-state index is 0.0700. The van der Waals surface area contributed by atoms with Crippen molar-refractivity contribution in [2.24, 2.45) is 0 Å². The fourth-order valence-corrected chi connectivity index (χ4v) is 4.04. The van der Waals surface area contributed by atoms with Crippen molar-refractivity contribution in [1.82, 2.24) is 5.32 Å². The van der Waals surface area contributed by atoms with Crippen molar-refractivity contribution in [2.45, 2.75) is 89.1 Å². The Morgan fingerprint density at radius 3 is 2.15 bits per heavy atom. The molecule has 0 fully saturated rings. The van der Waals surface area contributed by atoms with Gasteiger partial charge in [-0.15, -0.1) is 0 Å². The van der Waals surface area contributed by atoms with Gasteiger partial charge in [0, 0.05) is 24.4 Å². The molecule has 0 heterocycles. The zero-order chi connectivity index (χ0) is 25.1. The van der Waals surface area contributed by atoms with E-state index < -0.39 is 20.9 Å². The number of hydrogen-bond donors (Lipinski definition) is 1. The monoisotopic (exact) mass is 476 g/mol. The summed E-state index contributed by atoms with van der Waals surface area (Å²) in [6.07, 6.45) is 5.87. The van der Waals surface area contributed by atoms with Crippen LogP contribution in [0.15, 0.2) is 40.6 Å². The molecule has 1 N–H and O–H groups in total. The van der Waals surface area contributed by atoms with Crippen molar-refractivity contribution >= 4 is 21.7 Å². The van der Waals surface area contributed by atoms with Crippen LogP contribution in [0.2, 0.25) is 0 Å². The third-order valence-corrected chi connectivity index (χ3v) is 6.48. The summed E-state index contributed by atoms with van der Waals surface area (Å²) in [5.74, 6) is -0.298. The number of sulfone groups is 1. The fourth-order valence-electron chi connectivity index (χ4n) is 3.13. The topological polar surface area (TPSA) is 113 Å². The SMILES string of the molecule is CC(C)(C)OC(=O)CCCCCCCNC(=O)C(C)(C)c1ccc(S(=O)(=O)/C=C/C#N)cc1. The number of hydrogen-bond acceptors (Lipinski definition) is 6. The molecule has 1 amide bonds. The maximum atomic E-state index is 12.7. The molecule has 1 aromatic rings. The Labute approximate surface area is 198 Å². The van der Waals surface area contributed by atoms with Crippen LogP contribution in [0.4, 0.5) is 0 Å². The number of carbonyl (C=O) groups excluding carboxylic acids is 2. The van der Waals surface area contributed by atoms with Gasteiger partial charge in [0.15, 0.2) is 0 Å². The highest BCUT2D eigenvalue weighted by molar-refractivity contribution is 7.94. The summed E-state index contributed by atoms with van der Waals surface area (Å²) in [6, 6.07) is 7.79. The largest absolute Gasteiger partial charge is 0.460 e. The summed E-state index contributed by atoms with van der Waals surface area (Å²) >= 11 is 0. The molecule has 8 heteroatoms. The third kappa shape index (κ3) is 10.2. The summed E-state index contributed by atoms with van der Waals surface area (Å²) in [6.45, 7) is 9.71. The first kappa shape index (κ1) is 28.4. The Balaban J connectivity index is 2.41. The van der Waals surface area contributed by atoms with E-state index in [1.807, 2.05) is 20.8 Å². The first-order chi connectivity index (χ1) is 15.3. The van der Waals surface area contributed by atoms with Gasteiger partial charge in [0.25, 0.3) is 0 Å². The molecule has 33 heavy (non-hydrogen) atoms. The van der Waals surface area contributed by atoms with E-state index in [1.54, 1.807) is 32.0 Å². The first-order valence-corrected chi connectivity index (χ1v) is 12.8. The molecule has 0 atom stereocenters. The van der Waals surface area contributed by atoms with Gasteiger partial charge in [0.05, 0.1) is 16.4 Å². The molecule has 0 unspecified atom stereocenters. The lowest BCUT2D eigenvalue weighted by molar-refractivity contribution is -0.154. The summed E-state index contributed by atoms with van der Waals surface area (Å²) in [4.78, 5) is 24.4. The number of benzene rings is 1. The zero-order valence-corrected chi connectivity index (χ0v) is 21.1. The van der Waals surface area contributed by atoms with Crippen LogP contribution in [0.25, 0.3) is 0 Å². The minimum Gasteiger partial charge on any atom is -0.460 e. The number of esters is 1. The van der Waals surface area contributed by atoms with Crippen LogP contribution in [0.1, 0.15) is 78.7 Å². The van der Waals surface area contributed by atoms with Gasteiger partial charge < -0.3 is 10.1 Å². The number of nitrogens with one attached hydrogen (secondary N) is 1.